The summed E-state index contributed by atoms with van der Waals surface area (Å²) in [5.74, 6) is -0.446. The van der Waals surface area contributed by atoms with Crippen LogP contribution >= 0.6 is 0 Å². The van der Waals surface area contributed by atoms with Gasteiger partial charge in [-0.1, -0.05) is 6.08 Å². The minimum absolute atomic E-state index is 0.131. The topological polar surface area (TPSA) is 63.6 Å². The third-order valence-electron chi connectivity index (χ3n) is 2.73. The second kappa shape index (κ2) is 8.04. The summed E-state index contributed by atoms with van der Waals surface area (Å²) in [7, 11) is 1.91. The predicted molar refractivity (Wildman–Crippen MR) is 76.1 cm³/mol. The van der Waals surface area contributed by atoms with E-state index in [1.54, 1.807) is 17.9 Å². The van der Waals surface area contributed by atoms with Gasteiger partial charge < -0.3 is 19.5 Å². The van der Waals surface area contributed by atoms with Crippen LogP contribution in [0.5, 0.6) is 0 Å². The molecule has 0 aliphatic heterocycles. The molecule has 6 nitrogen and oxygen atoms in total. The summed E-state index contributed by atoms with van der Waals surface area (Å²) in [4.78, 5) is 24.8. The number of esters is 1. The number of aryl methyl sites for hydroxylation is 1. The number of hydrogen-bond acceptors (Lipinski definition) is 3. The van der Waals surface area contributed by atoms with Crippen LogP contribution in [0.1, 0.15) is 12.6 Å². The molecule has 110 valence electrons. The first kappa shape index (κ1) is 15.8. The van der Waals surface area contributed by atoms with Crippen LogP contribution in [0.15, 0.2) is 31.0 Å². The van der Waals surface area contributed by atoms with E-state index in [4.69, 9.17) is 4.74 Å². The molecule has 1 aromatic rings. The van der Waals surface area contributed by atoms with Crippen LogP contribution in [-0.2, 0) is 23.1 Å². The van der Waals surface area contributed by atoms with Crippen LogP contribution in [0, 0.1) is 0 Å². The van der Waals surface area contributed by atoms with Crippen molar-refractivity contribution in [2.24, 2.45) is 7.05 Å². The Morgan fingerprint density at radius 1 is 1.55 bits per heavy atom. The molecule has 1 heterocycles. The fourth-order valence-corrected chi connectivity index (χ4v) is 1.70. The fraction of sp³-hybridized carbons (Fsp3) is 0.429. The van der Waals surface area contributed by atoms with Crippen LogP contribution in [-0.4, -0.2) is 41.2 Å². The van der Waals surface area contributed by atoms with Crippen molar-refractivity contribution >= 4 is 12.0 Å². The summed E-state index contributed by atoms with van der Waals surface area (Å²) in [5, 5.41) is 2.54. The number of ether oxygens (including phenoxy) is 1. The molecule has 1 rings (SSSR count). The molecule has 0 aliphatic rings. The van der Waals surface area contributed by atoms with Crippen molar-refractivity contribution in [2.75, 3.05) is 19.7 Å². The lowest BCUT2D eigenvalue weighted by Crippen LogP contribution is -2.42. The van der Waals surface area contributed by atoms with Gasteiger partial charge in [-0.25, -0.2) is 4.79 Å². The third-order valence-corrected chi connectivity index (χ3v) is 2.73. The number of amides is 2. The number of carbonyl (C=O) groups excluding carboxylic acids is 2. The lowest BCUT2D eigenvalue weighted by atomic mass is 10.3. The number of carbonyl (C=O) groups is 2. The molecule has 0 bridgehead atoms. The maximum Gasteiger partial charge on any atom is 0.325 e. The molecule has 1 aromatic heterocycles. The van der Waals surface area contributed by atoms with Gasteiger partial charge in [0.25, 0.3) is 0 Å². The second-order valence-corrected chi connectivity index (χ2v) is 4.24. The highest BCUT2D eigenvalue weighted by Gasteiger charge is 2.15. The van der Waals surface area contributed by atoms with Gasteiger partial charge in [0, 0.05) is 25.5 Å². The van der Waals surface area contributed by atoms with E-state index in [0.29, 0.717) is 19.7 Å². The summed E-state index contributed by atoms with van der Waals surface area (Å²) >= 11 is 0. The molecular weight excluding hydrogens is 258 g/mol. The number of nitrogens with zero attached hydrogens (tertiary/aromatic N) is 2. The Balaban J connectivity index is 2.56. The Bertz CT molecular complexity index is 468. The quantitative estimate of drug-likeness (QED) is 0.604. The van der Waals surface area contributed by atoms with Gasteiger partial charge in [-0.3, -0.25) is 4.79 Å². The first-order valence-electron chi connectivity index (χ1n) is 6.48. The molecule has 0 spiro atoms. The van der Waals surface area contributed by atoms with E-state index in [2.05, 4.69) is 11.9 Å². The summed E-state index contributed by atoms with van der Waals surface area (Å²) in [6.07, 6.45) is 3.56. The van der Waals surface area contributed by atoms with Crippen molar-refractivity contribution < 1.29 is 14.3 Å². The van der Waals surface area contributed by atoms with Crippen molar-refractivity contribution in [2.45, 2.75) is 13.5 Å². The van der Waals surface area contributed by atoms with Crippen molar-refractivity contribution in [3.63, 3.8) is 0 Å². The summed E-state index contributed by atoms with van der Waals surface area (Å²) < 4.78 is 6.70. The van der Waals surface area contributed by atoms with E-state index < -0.39 is 5.97 Å². The van der Waals surface area contributed by atoms with Crippen LogP contribution in [0.3, 0.4) is 0 Å². The van der Waals surface area contributed by atoms with E-state index in [-0.39, 0.29) is 12.6 Å². The van der Waals surface area contributed by atoms with Gasteiger partial charge in [0.15, 0.2) is 0 Å². The normalized spacial score (nSPS) is 9.90. The van der Waals surface area contributed by atoms with Gasteiger partial charge in [-0.2, -0.15) is 0 Å². The zero-order valence-corrected chi connectivity index (χ0v) is 12.0. The molecule has 6 heteroatoms. The predicted octanol–water partition coefficient (Wildman–Crippen LogP) is 1.29. The van der Waals surface area contributed by atoms with Crippen LogP contribution in [0.2, 0.25) is 0 Å². The number of aromatic nitrogens is 1. The van der Waals surface area contributed by atoms with Crippen molar-refractivity contribution in [3.05, 3.63) is 36.7 Å². The zero-order chi connectivity index (χ0) is 15.0. The largest absolute Gasteiger partial charge is 0.465 e. The average Bonchev–Trinajstić information content (AvgIpc) is 2.81. The highest BCUT2D eigenvalue weighted by molar-refractivity contribution is 5.80. The van der Waals surface area contributed by atoms with Crippen molar-refractivity contribution in [1.29, 1.82) is 0 Å². The number of urea groups is 1. The summed E-state index contributed by atoms with van der Waals surface area (Å²) in [5.41, 5.74) is 0.998. The molecule has 20 heavy (non-hydrogen) atoms. The van der Waals surface area contributed by atoms with Gasteiger partial charge in [-0.15, -0.1) is 6.58 Å². The highest BCUT2D eigenvalue weighted by atomic mass is 16.5. The lowest BCUT2D eigenvalue weighted by Gasteiger charge is -2.21. The maximum atomic E-state index is 12.0. The molecular formula is C14H21N3O3. The molecule has 0 saturated heterocycles. The number of rotatable bonds is 7. The van der Waals surface area contributed by atoms with Crippen LogP contribution in [0.4, 0.5) is 4.79 Å². The molecule has 0 aliphatic carbocycles. The Morgan fingerprint density at radius 2 is 2.30 bits per heavy atom. The highest BCUT2D eigenvalue weighted by Crippen LogP contribution is 2.05. The summed E-state index contributed by atoms with van der Waals surface area (Å²) in [6.45, 7) is 6.38. The number of hydrogen-bond donors (Lipinski definition) is 1. The number of nitrogens with one attached hydrogen (secondary N) is 1. The first-order chi connectivity index (χ1) is 9.58. The van der Waals surface area contributed by atoms with Crippen molar-refractivity contribution in [1.82, 2.24) is 14.8 Å². The Kier molecular flexibility index (Phi) is 6.36. The lowest BCUT2D eigenvalue weighted by molar-refractivity contribution is -0.141. The standard InChI is InChI=1S/C14H21N3O3/c1-4-8-17(11-12-7-6-9-16(12)3)14(19)15-10-13(18)20-5-2/h4,6-7,9H,1,5,8,10-11H2,2-3H3,(H,15,19). The Labute approximate surface area is 119 Å². The van der Waals surface area contributed by atoms with Crippen LogP contribution in [0.25, 0.3) is 0 Å². The van der Waals surface area contributed by atoms with E-state index in [1.807, 2.05) is 29.9 Å². The van der Waals surface area contributed by atoms with Gasteiger partial charge in [0.1, 0.15) is 6.54 Å². The first-order valence-corrected chi connectivity index (χ1v) is 6.48. The fourth-order valence-electron chi connectivity index (χ4n) is 1.70. The average molecular weight is 279 g/mol. The van der Waals surface area contributed by atoms with Crippen LogP contribution < -0.4 is 5.32 Å². The Hall–Kier alpha value is -2.24. The molecule has 1 N–H and O–H groups in total. The van der Waals surface area contributed by atoms with Gasteiger partial charge in [0.05, 0.1) is 13.2 Å². The molecule has 2 amide bonds. The Morgan fingerprint density at radius 3 is 2.85 bits per heavy atom. The van der Waals surface area contributed by atoms with Crippen molar-refractivity contribution in [3.8, 4) is 0 Å². The van der Waals surface area contributed by atoms with Gasteiger partial charge in [-0.05, 0) is 19.1 Å². The molecule has 0 fully saturated rings. The molecule has 0 unspecified atom stereocenters. The zero-order valence-electron chi connectivity index (χ0n) is 12.0. The van der Waals surface area contributed by atoms with E-state index in [0.717, 1.165) is 5.69 Å². The molecule has 0 radical (unpaired) electrons. The monoisotopic (exact) mass is 279 g/mol. The molecule has 0 aromatic carbocycles. The van der Waals surface area contributed by atoms with E-state index >= 15 is 0 Å². The second-order valence-electron chi connectivity index (χ2n) is 4.24. The van der Waals surface area contributed by atoms with E-state index in [9.17, 15) is 9.59 Å². The van der Waals surface area contributed by atoms with Gasteiger partial charge in [0.2, 0.25) is 0 Å². The summed E-state index contributed by atoms with van der Waals surface area (Å²) in [6, 6.07) is 3.53. The van der Waals surface area contributed by atoms with Gasteiger partial charge >= 0.3 is 12.0 Å². The SMILES string of the molecule is C=CCN(Cc1cccn1C)C(=O)NCC(=O)OCC. The van der Waals surface area contributed by atoms with E-state index in [1.165, 1.54) is 0 Å². The third kappa shape index (κ3) is 4.79. The smallest absolute Gasteiger partial charge is 0.325 e. The maximum absolute atomic E-state index is 12.0. The molecule has 0 atom stereocenters. The minimum Gasteiger partial charge on any atom is -0.465 e. The molecule has 0 saturated carbocycles. The minimum atomic E-state index is -0.446.